The highest BCUT2D eigenvalue weighted by Crippen LogP contribution is 2.21. The van der Waals surface area contributed by atoms with Crippen molar-refractivity contribution in [3.63, 3.8) is 0 Å². The third-order valence-corrected chi connectivity index (χ3v) is 5.74. The van der Waals surface area contributed by atoms with E-state index in [1.165, 1.54) is 88.2 Å². The monoisotopic (exact) mass is 418 g/mol. The average molecular weight is 419 g/mol. The largest absolute Gasteiger partial charge is 0.290 e. The maximum Gasteiger partial charge on any atom is 0.178 e. The van der Waals surface area contributed by atoms with Gasteiger partial charge >= 0.3 is 0 Å². The first-order valence-corrected chi connectivity index (χ1v) is 13.3. The Morgan fingerprint density at radius 1 is 0.567 bits per heavy atom. The van der Waals surface area contributed by atoms with Gasteiger partial charge in [-0.15, -0.1) is 0 Å². The first-order valence-electron chi connectivity index (χ1n) is 13.3. The Kier molecular flexibility index (Phi) is 19.5. The summed E-state index contributed by atoms with van der Waals surface area (Å²) in [7, 11) is 0. The lowest BCUT2D eigenvalue weighted by Crippen LogP contribution is -2.00. The van der Waals surface area contributed by atoms with Crippen LogP contribution in [0, 0.1) is 11.8 Å². The van der Waals surface area contributed by atoms with Crippen LogP contribution in [0.25, 0.3) is 0 Å². The Morgan fingerprint density at radius 3 is 1.23 bits per heavy atom. The lowest BCUT2D eigenvalue weighted by atomic mass is 9.94. The first kappa shape index (κ1) is 29.1. The molecule has 0 heterocycles. The van der Waals surface area contributed by atoms with Gasteiger partial charge in [-0.1, -0.05) is 117 Å². The van der Waals surface area contributed by atoms with Crippen LogP contribution in [0.15, 0.2) is 23.3 Å². The van der Waals surface area contributed by atoms with Gasteiger partial charge < -0.3 is 0 Å². The number of hydrogen-bond acceptors (Lipinski definition) is 1. The van der Waals surface area contributed by atoms with E-state index < -0.39 is 0 Å². The molecular formula is C29H54O. The standard InChI is InChI=1S/C29H54O/c1-7-9-11-13-15-17-19-27(21-25(3)4)23-29(30)24-28(22-26(5)6)20-18-16-14-12-10-8-2/h23-26H,7-22H2,1-6H3. The molecule has 0 saturated heterocycles. The van der Waals surface area contributed by atoms with Gasteiger partial charge in [0.15, 0.2) is 5.78 Å². The number of ketones is 1. The molecule has 0 aliphatic carbocycles. The van der Waals surface area contributed by atoms with E-state index in [4.69, 9.17) is 0 Å². The molecule has 1 nitrogen and oxygen atoms in total. The van der Waals surface area contributed by atoms with Gasteiger partial charge in [-0.3, -0.25) is 4.79 Å². The molecule has 0 unspecified atom stereocenters. The van der Waals surface area contributed by atoms with Crippen molar-refractivity contribution in [2.75, 3.05) is 0 Å². The second kappa shape index (κ2) is 20.1. The highest BCUT2D eigenvalue weighted by Gasteiger charge is 2.07. The molecule has 0 spiro atoms. The lowest BCUT2D eigenvalue weighted by Gasteiger charge is -2.12. The number of carbonyl (C=O) groups is 1. The summed E-state index contributed by atoms with van der Waals surface area (Å²) in [5, 5.41) is 0. The van der Waals surface area contributed by atoms with Crippen LogP contribution in [-0.2, 0) is 4.79 Å². The van der Waals surface area contributed by atoms with E-state index >= 15 is 0 Å². The molecule has 0 amide bonds. The molecule has 1 heteroatoms. The van der Waals surface area contributed by atoms with Crippen LogP contribution < -0.4 is 0 Å². The van der Waals surface area contributed by atoms with Crippen LogP contribution in [0.4, 0.5) is 0 Å². The third kappa shape index (κ3) is 19.1. The van der Waals surface area contributed by atoms with E-state index in [2.05, 4.69) is 41.5 Å². The highest BCUT2D eigenvalue weighted by atomic mass is 16.1. The van der Waals surface area contributed by atoms with Crippen molar-refractivity contribution in [1.82, 2.24) is 0 Å². The van der Waals surface area contributed by atoms with Crippen LogP contribution in [0.1, 0.15) is 144 Å². The van der Waals surface area contributed by atoms with Crippen molar-refractivity contribution in [3.8, 4) is 0 Å². The second-order valence-corrected chi connectivity index (χ2v) is 10.2. The molecule has 0 saturated carbocycles. The van der Waals surface area contributed by atoms with Gasteiger partial charge in [-0.05, 0) is 62.5 Å². The second-order valence-electron chi connectivity index (χ2n) is 10.2. The fraction of sp³-hybridized carbons (Fsp3) is 0.828. The molecule has 0 aliphatic rings. The van der Waals surface area contributed by atoms with E-state index in [1.807, 2.05) is 12.2 Å². The molecule has 0 aromatic rings. The first-order chi connectivity index (χ1) is 14.4. The SMILES string of the molecule is CCCCCCCCC(=CC(=O)C=C(CCCCCCCC)CC(C)C)CC(C)C. The topological polar surface area (TPSA) is 17.1 Å². The zero-order valence-electron chi connectivity index (χ0n) is 21.5. The molecule has 0 aromatic carbocycles. The molecule has 0 N–H and O–H groups in total. The number of hydrogen-bond donors (Lipinski definition) is 0. The number of unbranched alkanes of at least 4 members (excludes halogenated alkanes) is 10. The predicted octanol–water partition coefficient (Wildman–Crippen LogP) is 10.0. The van der Waals surface area contributed by atoms with Gasteiger partial charge in [0.25, 0.3) is 0 Å². The summed E-state index contributed by atoms with van der Waals surface area (Å²) < 4.78 is 0. The summed E-state index contributed by atoms with van der Waals surface area (Å²) in [6.45, 7) is 13.6. The van der Waals surface area contributed by atoms with Crippen molar-refractivity contribution in [2.24, 2.45) is 11.8 Å². The summed E-state index contributed by atoms with van der Waals surface area (Å²) in [4.78, 5) is 12.8. The molecule has 0 rings (SSSR count). The molecule has 0 aromatic heterocycles. The van der Waals surface area contributed by atoms with E-state index in [0.29, 0.717) is 11.8 Å². The smallest absolute Gasteiger partial charge is 0.178 e. The molecule has 0 bridgehead atoms. The minimum absolute atomic E-state index is 0.235. The van der Waals surface area contributed by atoms with Crippen molar-refractivity contribution < 1.29 is 4.79 Å². The van der Waals surface area contributed by atoms with Crippen molar-refractivity contribution in [3.05, 3.63) is 23.3 Å². The van der Waals surface area contributed by atoms with E-state index in [1.54, 1.807) is 0 Å². The minimum Gasteiger partial charge on any atom is -0.290 e. The molecule has 0 aliphatic heterocycles. The Balaban J connectivity index is 4.76. The van der Waals surface area contributed by atoms with Crippen LogP contribution in [0.3, 0.4) is 0 Å². The molecule has 176 valence electrons. The van der Waals surface area contributed by atoms with Crippen molar-refractivity contribution in [1.29, 1.82) is 0 Å². The minimum atomic E-state index is 0.235. The van der Waals surface area contributed by atoms with Crippen LogP contribution in [0.2, 0.25) is 0 Å². The zero-order chi connectivity index (χ0) is 22.6. The Labute approximate surface area is 190 Å². The van der Waals surface area contributed by atoms with Gasteiger partial charge in [0.05, 0.1) is 0 Å². The maximum atomic E-state index is 12.8. The predicted molar refractivity (Wildman–Crippen MR) is 136 cm³/mol. The van der Waals surface area contributed by atoms with Gasteiger partial charge in [0.1, 0.15) is 0 Å². The summed E-state index contributed by atoms with van der Waals surface area (Å²) in [5.41, 5.74) is 2.73. The molecule has 30 heavy (non-hydrogen) atoms. The van der Waals surface area contributed by atoms with Crippen LogP contribution in [0.5, 0.6) is 0 Å². The van der Waals surface area contributed by atoms with Crippen LogP contribution >= 0.6 is 0 Å². The van der Waals surface area contributed by atoms with Crippen molar-refractivity contribution >= 4 is 5.78 Å². The summed E-state index contributed by atoms with van der Waals surface area (Å²) >= 11 is 0. The van der Waals surface area contributed by atoms with Gasteiger partial charge in [0, 0.05) is 0 Å². The lowest BCUT2D eigenvalue weighted by molar-refractivity contribution is -0.110. The number of allylic oxidation sites excluding steroid dienone is 4. The summed E-state index contributed by atoms with van der Waals surface area (Å²) in [5.74, 6) is 1.47. The molecule has 0 atom stereocenters. The van der Waals surface area contributed by atoms with Gasteiger partial charge in [-0.2, -0.15) is 0 Å². The van der Waals surface area contributed by atoms with E-state index in [9.17, 15) is 4.79 Å². The van der Waals surface area contributed by atoms with E-state index in [0.717, 1.165) is 25.7 Å². The fourth-order valence-corrected chi connectivity index (χ4v) is 4.22. The normalized spacial score (nSPS) is 12.9. The fourth-order valence-electron chi connectivity index (χ4n) is 4.22. The molecule has 0 fully saturated rings. The number of carbonyl (C=O) groups excluding carboxylic acids is 1. The van der Waals surface area contributed by atoms with E-state index in [-0.39, 0.29) is 5.78 Å². The quantitative estimate of drug-likeness (QED) is 0.142. The number of rotatable bonds is 20. The summed E-state index contributed by atoms with van der Waals surface area (Å²) in [6, 6.07) is 0. The third-order valence-electron chi connectivity index (χ3n) is 5.74. The highest BCUT2D eigenvalue weighted by molar-refractivity contribution is 6.00. The van der Waals surface area contributed by atoms with Crippen LogP contribution in [-0.4, -0.2) is 5.78 Å². The Hall–Kier alpha value is -0.850. The Bertz CT molecular complexity index is 425. The van der Waals surface area contributed by atoms with Crippen molar-refractivity contribution in [2.45, 2.75) is 144 Å². The van der Waals surface area contributed by atoms with Gasteiger partial charge in [0.2, 0.25) is 0 Å². The molecule has 0 radical (unpaired) electrons. The van der Waals surface area contributed by atoms with Gasteiger partial charge in [-0.25, -0.2) is 0 Å². The zero-order valence-corrected chi connectivity index (χ0v) is 21.5. The molecular weight excluding hydrogens is 364 g/mol. The Morgan fingerprint density at radius 2 is 0.900 bits per heavy atom. The summed E-state index contributed by atoms with van der Waals surface area (Å²) in [6.07, 6.45) is 24.1. The maximum absolute atomic E-state index is 12.8. The average Bonchev–Trinajstić information content (AvgIpc) is 2.66.